The molecule has 5 nitrogen and oxygen atoms in total. The number of ether oxygens (including phenoxy) is 1. The van der Waals surface area contributed by atoms with E-state index < -0.39 is 0 Å². The minimum atomic E-state index is -0.257. The molecule has 0 saturated carbocycles. The van der Waals surface area contributed by atoms with E-state index in [1.807, 2.05) is 56.3 Å². The normalized spacial score (nSPS) is 19.2. The lowest BCUT2D eigenvalue weighted by molar-refractivity contribution is -0.120. The number of hydrogen-bond acceptors (Lipinski definition) is 4. The van der Waals surface area contributed by atoms with E-state index in [1.165, 1.54) is 4.90 Å². The van der Waals surface area contributed by atoms with Gasteiger partial charge < -0.3 is 9.64 Å². The molecule has 0 N–H and O–H groups in total. The molecule has 1 unspecified atom stereocenters. The molecule has 2 aromatic rings. The van der Waals surface area contributed by atoms with E-state index in [2.05, 4.69) is 25.7 Å². The molecular formula is C28H34N2O3. The van der Waals surface area contributed by atoms with Crippen LogP contribution in [-0.2, 0) is 9.59 Å². The number of benzene rings is 2. The van der Waals surface area contributed by atoms with Crippen molar-refractivity contribution in [1.29, 1.82) is 0 Å². The number of imide groups is 1. The summed E-state index contributed by atoms with van der Waals surface area (Å²) in [7, 11) is 0. The first kappa shape index (κ1) is 23.1. The van der Waals surface area contributed by atoms with E-state index in [0.717, 1.165) is 48.4 Å². The summed E-state index contributed by atoms with van der Waals surface area (Å²) in [4.78, 5) is 30.9. The van der Waals surface area contributed by atoms with E-state index in [0.29, 0.717) is 35.4 Å². The third-order valence-corrected chi connectivity index (χ3v) is 6.51. The van der Waals surface area contributed by atoms with Crippen molar-refractivity contribution < 1.29 is 14.3 Å². The minimum Gasteiger partial charge on any atom is -0.493 e. The van der Waals surface area contributed by atoms with Gasteiger partial charge in [-0.05, 0) is 79.5 Å². The Kier molecular flexibility index (Phi) is 6.59. The molecule has 2 heterocycles. The molecule has 0 aliphatic carbocycles. The summed E-state index contributed by atoms with van der Waals surface area (Å²) in [5, 5.41) is 0. The molecule has 2 aromatic carbocycles. The van der Waals surface area contributed by atoms with Crippen LogP contribution in [0, 0.1) is 25.7 Å². The molecule has 1 atom stereocenters. The van der Waals surface area contributed by atoms with Crippen molar-refractivity contribution >= 4 is 23.1 Å². The summed E-state index contributed by atoms with van der Waals surface area (Å²) in [6.45, 7) is 12.7. The smallest absolute Gasteiger partial charge is 0.282 e. The molecule has 0 radical (unpaired) electrons. The zero-order chi connectivity index (χ0) is 23.7. The number of likely N-dealkylation sites (tertiary alicyclic amines) is 1. The van der Waals surface area contributed by atoms with Gasteiger partial charge in [-0.2, -0.15) is 0 Å². The largest absolute Gasteiger partial charge is 0.493 e. The molecule has 0 bridgehead atoms. The molecule has 1 fully saturated rings. The second kappa shape index (κ2) is 9.42. The van der Waals surface area contributed by atoms with Crippen molar-refractivity contribution in [3.05, 3.63) is 64.9 Å². The summed E-state index contributed by atoms with van der Waals surface area (Å²) in [6, 6.07) is 13.3. The maximum Gasteiger partial charge on any atom is 0.282 e. The number of hydrogen-bond donors (Lipinski definition) is 0. The Balaban J connectivity index is 1.74. The summed E-state index contributed by atoms with van der Waals surface area (Å²) in [5.74, 6) is 1.20. The Bertz CT molecular complexity index is 1080. The zero-order valence-corrected chi connectivity index (χ0v) is 20.4. The molecule has 4 rings (SSSR count). The number of anilines is 1. The second-order valence-electron chi connectivity index (χ2n) is 9.86. The molecule has 174 valence electrons. The Hall–Kier alpha value is -3.08. The van der Waals surface area contributed by atoms with Crippen LogP contribution in [0.1, 0.15) is 50.3 Å². The fourth-order valence-corrected chi connectivity index (χ4v) is 4.54. The topological polar surface area (TPSA) is 49.9 Å². The van der Waals surface area contributed by atoms with Crippen LogP contribution in [0.4, 0.5) is 5.69 Å². The third-order valence-electron chi connectivity index (χ3n) is 6.51. The molecule has 1 saturated heterocycles. The predicted molar refractivity (Wildman–Crippen MR) is 132 cm³/mol. The molecule has 2 amide bonds. The fourth-order valence-electron chi connectivity index (χ4n) is 4.54. The highest BCUT2D eigenvalue weighted by Gasteiger charge is 2.43. The van der Waals surface area contributed by atoms with Crippen LogP contribution >= 0.6 is 0 Å². The molecule has 2 aliphatic rings. The minimum absolute atomic E-state index is 0.229. The van der Waals surface area contributed by atoms with E-state index in [9.17, 15) is 9.59 Å². The van der Waals surface area contributed by atoms with Gasteiger partial charge in [0.25, 0.3) is 11.8 Å². The Morgan fingerprint density at radius 1 is 1.00 bits per heavy atom. The van der Waals surface area contributed by atoms with Crippen LogP contribution in [-0.4, -0.2) is 36.4 Å². The second-order valence-corrected chi connectivity index (χ2v) is 9.86. The average Bonchev–Trinajstić information content (AvgIpc) is 3.04. The molecule has 5 heteroatoms. The number of aryl methyl sites for hydroxylation is 2. The number of rotatable bonds is 6. The summed E-state index contributed by atoms with van der Waals surface area (Å²) < 4.78 is 5.82. The van der Waals surface area contributed by atoms with Gasteiger partial charge in [-0.15, -0.1) is 0 Å². The number of carbonyl (C=O) groups excluding carboxylic acids is 2. The van der Waals surface area contributed by atoms with Gasteiger partial charge in [0.1, 0.15) is 11.4 Å². The highest BCUT2D eigenvalue weighted by molar-refractivity contribution is 6.45. The Morgan fingerprint density at radius 2 is 1.73 bits per heavy atom. The summed E-state index contributed by atoms with van der Waals surface area (Å²) in [5.41, 5.74) is 4.59. The lowest BCUT2D eigenvalue weighted by Crippen LogP contribution is -2.39. The number of nitrogens with zero attached hydrogens (tertiary/aromatic N) is 2. The Morgan fingerprint density at radius 3 is 2.36 bits per heavy atom. The fraction of sp³-hybridized carbons (Fsp3) is 0.429. The molecule has 0 aromatic heterocycles. The lowest BCUT2D eigenvalue weighted by atomic mass is 9.97. The van der Waals surface area contributed by atoms with Gasteiger partial charge in [-0.3, -0.25) is 9.59 Å². The monoisotopic (exact) mass is 446 g/mol. The van der Waals surface area contributed by atoms with Crippen LogP contribution in [0.3, 0.4) is 0 Å². The first-order chi connectivity index (χ1) is 15.8. The van der Waals surface area contributed by atoms with Gasteiger partial charge in [0, 0.05) is 13.1 Å². The zero-order valence-electron chi connectivity index (χ0n) is 20.4. The molecule has 33 heavy (non-hydrogen) atoms. The van der Waals surface area contributed by atoms with Crippen molar-refractivity contribution in [1.82, 2.24) is 4.90 Å². The molecule has 0 spiro atoms. The van der Waals surface area contributed by atoms with E-state index in [1.54, 1.807) is 0 Å². The highest BCUT2D eigenvalue weighted by atomic mass is 16.5. The van der Waals surface area contributed by atoms with Gasteiger partial charge in [-0.25, -0.2) is 4.90 Å². The van der Waals surface area contributed by atoms with Crippen LogP contribution in [0.2, 0.25) is 0 Å². The van der Waals surface area contributed by atoms with Crippen molar-refractivity contribution in [2.24, 2.45) is 11.8 Å². The summed E-state index contributed by atoms with van der Waals surface area (Å²) >= 11 is 0. The highest BCUT2D eigenvalue weighted by Crippen LogP contribution is 2.37. The standard InChI is InChI=1S/C28H34N2O3/c1-18(2)17-33-24-12-9-22(10-13-24)25-26(29-14-6-7-19(3)16-29)28(32)30(27(25)31)23-11-8-20(4)21(5)15-23/h8-13,15,18-19H,6-7,14,16-17H2,1-5H3. The van der Waals surface area contributed by atoms with Gasteiger partial charge in [0.15, 0.2) is 0 Å². The van der Waals surface area contributed by atoms with Crippen LogP contribution in [0.5, 0.6) is 5.75 Å². The van der Waals surface area contributed by atoms with E-state index in [-0.39, 0.29) is 11.8 Å². The molecule has 2 aliphatic heterocycles. The predicted octanol–water partition coefficient (Wildman–Crippen LogP) is 5.35. The van der Waals surface area contributed by atoms with Gasteiger partial charge in [-0.1, -0.05) is 39.0 Å². The first-order valence-corrected chi connectivity index (χ1v) is 11.9. The van der Waals surface area contributed by atoms with E-state index >= 15 is 0 Å². The maximum atomic E-state index is 13.7. The third kappa shape index (κ3) is 4.68. The lowest BCUT2D eigenvalue weighted by Gasteiger charge is -2.33. The molecular weight excluding hydrogens is 412 g/mol. The quantitative estimate of drug-likeness (QED) is 0.561. The van der Waals surface area contributed by atoms with Crippen molar-refractivity contribution in [3.8, 4) is 5.75 Å². The van der Waals surface area contributed by atoms with Crippen molar-refractivity contribution in [2.45, 2.75) is 47.5 Å². The van der Waals surface area contributed by atoms with Crippen molar-refractivity contribution in [2.75, 3.05) is 24.6 Å². The summed E-state index contributed by atoms with van der Waals surface area (Å²) in [6.07, 6.45) is 2.16. The SMILES string of the molecule is Cc1ccc(N2C(=O)C(c3ccc(OCC(C)C)cc3)=C(N3CCCC(C)C3)C2=O)cc1C. The Labute approximate surface area is 197 Å². The average molecular weight is 447 g/mol. The van der Waals surface area contributed by atoms with Crippen LogP contribution < -0.4 is 9.64 Å². The van der Waals surface area contributed by atoms with Crippen LogP contribution in [0.15, 0.2) is 48.2 Å². The number of carbonyl (C=O) groups is 2. The van der Waals surface area contributed by atoms with Gasteiger partial charge in [0.05, 0.1) is 17.9 Å². The van der Waals surface area contributed by atoms with Crippen molar-refractivity contribution in [3.63, 3.8) is 0 Å². The van der Waals surface area contributed by atoms with E-state index in [4.69, 9.17) is 4.74 Å². The first-order valence-electron chi connectivity index (χ1n) is 11.9. The van der Waals surface area contributed by atoms with Gasteiger partial charge >= 0.3 is 0 Å². The maximum absolute atomic E-state index is 13.7. The number of piperidine rings is 1. The van der Waals surface area contributed by atoms with Crippen LogP contribution in [0.25, 0.3) is 5.57 Å². The number of amides is 2. The van der Waals surface area contributed by atoms with Gasteiger partial charge in [0.2, 0.25) is 0 Å².